The molecule has 1 atom stereocenters. The quantitative estimate of drug-likeness (QED) is 0.401. The Hall–Kier alpha value is -1.22. The standard InChI is InChI=1S/C19H27N5S.HI/c1-3-18-15-23(13-14-25-18)19(20-2)21-11-9-16-5-7-17(8-6-16)24-12-4-10-22-24;/h4-8,10,12,18H,3,9,11,13-15H2,1-2H3,(H,20,21);1H. The van der Waals surface area contributed by atoms with Crippen LogP contribution in [0.3, 0.4) is 0 Å². The van der Waals surface area contributed by atoms with Gasteiger partial charge in [-0.05, 0) is 36.6 Å². The zero-order valence-electron chi connectivity index (χ0n) is 15.5. The van der Waals surface area contributed by atoms with E-state index < -0.39 is 0 Å². The van der Waals surface area contributed by atoms with E-state index in [0.717, 1.165) is 43.0 Å². The van der Waals surface area contributed by atoms with E-state index in [1.165, 1.54) is 17.7 Å². The van der Waals surface area contributed by atoms with Crippen molar-refractivity contribution in [2.75, 3.05) is 32.4 Å². The minimum absolute atomic E-state index is 0. The van der Waals surface area contributed by atoms with Gasteiger partial charge in [-0.15, -0.1) is 24.0 Å². The molecule has 0 radical (unpaired) electrons. The third-order valence-electron chi connectivity index (χ3n) is 4.51. The number of nitrogens with one attached hydrogen (secondary N) is 1. The van der Waals surface area contributed by atoms with Crippen LogP contribution in [0.15, 0.2) is 47.7 Å². The monoisotopic (exact) mass is 485 g/mol. The van der Waals surface area contributed by atoms with Gasteiger partial charge >= 0.3 is 0 Å². The molecule has 26 heavy (non-hydrogen) atoms. The van der Waals surface area contributed by atoms with Crippen LogP contribution in [0.4, 0.5) is 0 Å². The SMILES string of the molecule is CCC1CN(C(=NC)NCCc2ccc(-n3cccn3)cc2)CCS1.I. The summed E-state index contributed by atoms with van der Waals surface area (Å²) < 4.78 is 1.88. The van der Waals surface area contributed by atoms with Crippen LogP contribution < -0.4 is 5.32 Å². The molecule has 0 spiro atoms. The molecule has 1 aliphatic rings. The van der Waals surface area contributed by atoms with Crippen LogP contribution >= 0.6 is 35.7 Å². The van der Waals surface area contributed by atoms with Crippen molar-refractivity contribution in [3.05, 3.63) is 48.3 Å². The fourth-order valence-electron chi connectivity index (χ4n) is 3.05. The Morgan fingerprint density at radius 2 is 2.15 bits per heavy atom. The van der Waals surface area contributed by atoms with Crippen LogP contribution in [0, 0.1) is 0 Å². The lowest BCUT2D eigenvalue weighted by Crippen LogP contribution is -2.48. The van der Waals surface area contributed by atoms with Gasteiger partial charge in [-0.1, -0.05) is 19.1 Å². The van der Waals surface area contributed by atoms with Gasteiger partial charge < -0.3 is 10.2 Å². The van der Waals surface area contributed by atoms with Crippen molar-refractivity contribution in [3.63, 3.8) is 0 Å². The topological polar surface area (TPSA) is 45.5 Å². The van der Waals surface area contributed by atoms with Crippen LogP contribution in [0.2, 0.25) is 0 Å². The summed E-state index contributed by atoms with van der Waals surface area (Å²) in [6.07, 6.45) is 5.96. The van der Waals surface area contributed by atoms with E-state index >= 15 is 0 Å². The van der Waals surface area contributed by atoms with E-state index in [2.05, 4.69) is 63.3 Å². The number of benzene rings is 1. The molecule has 2 aromatic rings. The van der Waals surface area contributed by atoms with Gasteiger partial charge in [-0.3, -0.25) is 4.99 Å². The molecule has 0 saturated carbocycles. The zero-order valence-corrected chi connectivity index (χ0v) is 18.6. The van der Waals surface area contributed by atoms with Gasteiger partial charge in [0.15, 0.2) is 5.96 Å². The van der Waals surface area contributed by atoms with E-state index in [4.69, 9.17) is 0 Å². The molecule has 142 valence electrons. The van der Waals surface area contributed by atoms with Gasteiger partial charge in [0.1, 0.15) is 0 Å². The minimum Gasteiger partial charge on any atom is -0.356 e. The molecule has 2 heterocycles. The first kappa shape index (κ1) is 21.1. The van der Waals surface area contributed by atoms with Crippen molar-refractivity contribution >= 4 is 41.7 Å². The summed E-state index contributed by atoms with van der Waals surface area (Å²) in [7, 11) is 1.88. The highest BCUT2D eigenvalue weighted by atomic mass is 127. The van der Waals surface area contributed by atoms with Crippen molar-refractivity contribution in [2.45, 2.75) is 25.0 Å². The molecule has 1 unspecified atom stereocenters. The molecule has 1 N–H and O–H groups in total. The van der Waals surface area contributed by atoms with Crippen LogP contribution in [0.25, 0.3) is 5.69 Å². The number of rotatable bonds is 5. The fraction of sp³-hybridized carbons (Fsp3) is 0.474. The maximum absolute atomic E-state index is 4.47. The highest BCUT2D eigenvalue weighted by molar-refractivity contribution is 14.0. The number of hydrogen-bond acceptors (Lipinski definition) is 3. The molecule has 3 rings (SSSR count). The third kappa shape index (κ3) is 5.64. The molecule has 0 bridgehead atoms. The first-order valence-electron chi connectivity index (χ1n) is 8.96. The fourth-order valence-corrected chi connectivity index (χ4v) is 4.23. The van der Waals surface area contributed by atoms with Crippen molar-refractivity contribution in [1.29, 1.82) is 0 Å². The largest absolute Gasteiger partial charge is 0.356 e. The Labute approximate surface area is 177 Å². The number of aliphatic imine (C=N–C) groups is 1. The summed E-state index contributed by atoms with van der Waals surface area (Å²) >= 11 is 2.08. The lowest BCUT2D eigenvalue weighted by Gasteiger charge is -2.34. The molecule has 1 aliphatic heterocycles. The van der Waals surface area contributed by atoms with Crippen LogP contribution in [-0.4, -0.2) is 58.3 Å². The molecule has 1 saturated heterocycles. The van der Waals surface area contributed by atoms with Crippen LogP contribution in [0.5, 0.6) is 0 Å². The second-order valence-corrected chi connectivity index (χ2v) is 7.60. The number of aromatic nitrogens is 2. The Bertz CT molecular complexity index is 672. The Kier molecular flexibility index (Phi) is 8.77. The van der Waals surface area contributed by atoms with Crippen molar-refractivity contribution < 1.29 is 0 Å². The van der Waals surface area contributed by atoms with Gasteiger partial charge in [-0.25, -0.2) is 4.68 Å². The number of nitrogens with zero attached hydrogens (tertiary/aromatic N) is 4. The van der Waals surface area contributed by atoms with Gasteiger partial charge in [-0.2, -0.15) is 16.9 Å². The normalized spacial score (nSPS) is 17.7. The molecule has 0 amide bonds. The number of thioether (sulfide) groups is 1. The van der Waals surface area contributed by atoms with Gasteiger partial charge in [0.05, 0.1) is 5.69 Å². The zero-order chi connectivity index (χ0) is 17.5. The summed E-state index contributed by atoms with van der Waals surface area (Å²) in [6.45, 7) is 5.34. The van der Waals surface area contributed by atoms with E-state index in [-0.39, 0.29) is 24.0 Å². The summed E-state index contributed by atoms with van der Waals surface area (Å²) in [5.74, 6) is 2.22. The predicted molar refractivity (Wildman–Crippen MR) is 122 cm³/mol. The van der Waals surface area contributed by atoms with E-state index in [0.29, 0.717) is 0 Å². The molecular formula is C19H28IN5S. The third-order valence-corrected chi connectivity index (χ3v) is 5.88. The Balaban J connectivity index is 0.00000243. The minimum atomic E-state index is 0. The summed E-state index contributed by atoms with van der Waals surface area (Å²) in [5.41, 5.74) is 2.41. The highest BCUT2D eigenvalue weighted by Gasteiger charge is 2.21. The summed E-state index contributed by atoms with van der Waals surface area (Å²) in [5, 5.41) is 8.51. The van der Waals surface area contributed by atoms with E-state index in [1.54, 1.807) is 6.20 Å². The average molecular weight is 485 g/mol. The molecular weight excluding hydrogens is 457 g/mol. The smallest absolute Gasteiger partial charge is 0.193 e. The number of halogens is 1. The number of guanidine groups is 1. The highest BCUT2D eigenvalue weighted by Crippen LogP contribution is 2.21. The first-order chi connectivity index (χ1) is 12.3. The van der Waals surface area contributed by atoms with E-state index in [9.17, 15) is 0 Å². The second-order valence-electron chi connectivity index (χ2n) is 6.19. The molecule has 1 aromatic heterocycles. The lowest BCUT2D eigenvalue weighted by molar-refractivity contribution is 0.408. The summed E-state index contributed by atoms with van der Waals surface area (Å²) in [4.78, 5) is 6.86. The van der Waals surface area contributed by atoms with Crippen molar-refractivity contribution in [1.82, 2.24) is 20.0 Å². The van der Waals surface area contributed by atoms with E-state index in [1.807, 2.05) is 24.0 Å². The molecule has 7 heteroatoms. The van der Waals surface area contributed by atoms with Gasteiger partial charge in [0.2, 0.25) is 0 Å². The predicted octanol–water partition coefficient (Wildman–Crippen LogP) is 3.44. The average Bonchev–Trinajstić information content (AvgIpc) is 3.20. The van der Waals surface area contributed by atoms with Crippen molar-refractivity contribution in [3.8, 4) is 5.69 Å². The molecule has 1 fully saturated rings. The van der Waals surface area contributed by atoms with Crippen molar-refractivity contribution in [2.24, 2.45) is 4.99 Å². The second kappa shape index (κ2) is 10.8. The lowest BCUT2D eigenvalue weighted by atomic mass is 10.1. The maximum atomic E-state index is 4.47. The molecule has 5 nitrogen and oxygen atoms in total. The first-order valence-corrected chi connectivity index (χ1v) is 10.0. The van der Waals surface area contributed by atoms with Gasteiger partial charge in [0, 0.05) is 50.1 Å². The Morgan fingerprint density at radius 3 is 2.81 bits per heavy atom. The summed E-state index contributed by atoms with van der Waals surface area (Å²) in [6, 6.07) is 10.5. The molecule has 0 aliphatic carbocycles. The Morgan fingerprint density at radius 1 is 1.35 bits per heavy atom. The van der Waals surface area contributed by atoms with Crippen LogP contribution in [-0.2, 0) is 6.42 Å². The number of hydrogen-bond donors (Lipinski definition) is 1. The van der Waals surface area contributed by atoms with Crippen LogP contribution in [0.1, 0.15) is 18.9 Å². The maximum Gasteiger partial charge on any atom is 0.193 e. The molecule has 1 aromatic carbocycles. The van der Waals surface area contributed by atoms with Gasteiger partial charge in [0.25, 0.3) is 0 Å².